The lowest BCUT2D eigenvalue weighted by Crippen LogP contribution is -2.33. The number of methoxy groups -OCH3 is 1. The highest BCUT2D eigenvalue weighted by Gasteiger charge is 2.40. The van der Waals surface area contributed by atoms with Gasteiger partial charge in [0.05, 0.1) is 7.11 Å². The van der Waals surface area contributed by atoms with Crippen molar-refractivity contribution in [2.45, 2.75) is 50.9 Å². The Hall–Kier alpha value is -2.08. The number of hydrogen-bond donors (Lipinski definition) is 2. The van der Waals surface area contributed by atoms with Crippen molar-refractivity contribution in [2.75, 3.05) is 27.3 Å². The van der Waals surface area contributed by atoms with Crippen molar-refractivity contribution in [1.82, 2.24) is 10.2 Å². The molecule has 0 aliphatic heterocycles. The molecule has 2 aliphatic carbocycles. The van der Waals surface area contributed by atoms with Crippen LogP contribution in [0.3, 0.4) is 0 Å². The van der Waals surface area contributed by atoms with Gasteiger partial charge in [-0.25, -0.2) is 0 Å². The summed E-state index contributed by atoms with van der Waals surface area (Å²) in [6.07, 6.45) is 4.93. The Labute approximate surface area is 186 Å². The standard InChI is InChI=1S/C26H36N2O3/c1-28(16-19-6-4-3-5-7-19)17-23(29)18-31-25-14-20(8-13-24(25)30-2)15-27-26(21-9-10-21)22-11-12-22/h3-8,13-14,21-23,26-27,29H,9-12,15-18H2,1-2H3/t23-/m1/s1. The minimum absolute atomic E-state index is 0.235. The first-order valence-electron chi connectivity index (χ1n) is 11.6. The molecule has 0 spiro atoms. The molecule has 2 aromatic rings. The van der Waals surface area contributed by atoms with Crippen LogP contribution in [0.25, 0.3) is 0 Å². The van der Waals surface area contributed by atoms with E-state index in [-0.39, 0.29) is 6.61 Å². The number of aliphatic hydroxyl groups is 1. The van der Waals surface area contributed by atoms with Gasteiger partial charge >= 0.3 is 0 Å². The van der Waals surface area contributed by atoms with Crippen molar-refractivity contribution < 1.29 is 14.6 Å². The molecule has 31 heavy (non-hydrogen) atoms. The Bertz CT molecular complexity index is 809. The SMILES string of the molecule is COc1ccc(CNC(C2CC2)C2CC2)cc1OC[C@H](O)CN(C)Cc1ccccc1. The molecule has 2 saturated carbocycles. The second-order valence-corrected chi connectivity index (χ2v) is 9.21. The third-order valence-corrected chi connectivity index (χ3v) is 6.28. The Morgan fingerprint density at radius 2 is 1.71 bits per heavy atom. The fourth-order valence-corrected chi connectivity index (χ4v) is 4.37. The molecule has 168 valence electrons. The van der Waals surface area contributed by atoms with Gasteiger partial charge in [0.15, 0.2) is 11.5 Å². The fraction of sp³-hybridized carbons (Fsp3) is 0.538. The number of hydrogen-bond acceptors (Lipinski definition) is 5. The van der Waals surface area contributed by atoms with E-state index in [0.29, 0.717) is 24.1 Å². The molecule has 0 aromatic heterocycles. The zero-order valence-corrected chi connectivity index (χ0v) is 18.8. The molecule has 5 heteroatoms. The molecule has 2 aliphatic rings. The van der Waals surface area contributed by atoms with Crippen molar-refractivity contribution in [3.05, 3.63) is 59.7 Å². The van der Waals surface area contributed by atoms with E-state index in [1.165, 1.54) is 36.8 Å². The van der Waals surface area contributed by atoms with Gasteiger partial charge in [-0.3, -0.25) is 4.90 Å². The van der Waals surface area contributed by atoms with E-state index in [4.69, 9.17) is 9.47 Å². The lowest BCUT2D eigenvalue weighted by atomic mass is 10.1. The van der Waals surface area contributed by atoms with Gasteiger partial charge in [-0.2, -0.15) is 0 Å². The minimum Gasteiger partial charge on any atom is -0.493 e. The number of likely N-dealkylation sites (N-methyl/N-ethyl adjacent to an activating group) is 1. The number of rotatable bonds is 13. The van der Waals surface area contributed by atoms with Gasteiger partial charge in [-0.1, -0.05) is 36.4 Å². The van der Waals surface area contributed by atoms with Crippen LogP contribution < -0.4 is 14.8 Å². The summed E-state index contributed by atoms with van der Waals surface area (Å²) in [5.74, 6) is 3.16. The summed E-state index contributed by atoms with van der Waals surface area (Å²) >= 11 is 0. The summed E-state index contributed by atoms with van der Waals surface area (Å²) in [6, 6.07) is 17.1. The highest BCUT2D eigenvalue weighted by atomic mass is 16.5. The zero-order chi connectivity index (χ0) is 21.6. The second-order valence-electron chi connectivity index (χ2n) is 9.21. The quantitative estimate of drug-likeness (QED) is 0.512. The molecule has 0 unspecified atom stereocenters. The van der Waals surface area contributed by atoms with E-state index in [2.05, 4.69) is 28.4 Å². The lowest BCUT2D eigenvalue weighted by Gasteiger charge is -2.22. The Balaban J connectivity index is 1.27. The van der Waals surface area contributed by atoms with Crippen molar-refractivity contribution in [2.24, 2.45) is 11.8 Å². The highest BCUT2D eigenvalue weighted by molar-refractivity contribution is 5.43. The molecule has 0 bridgehead atoms. The minimum atomic E-state index is -0.575. The second kappa shape index (κ2) is 10.5. The summed E-state index contributed by atoms with van der Waals surface area (Å²) in [7, 11) is 3.67. The van der Waals surface area contributed by atoms with Crippen LogP contribution in [0.5, 0.6) is 11.5 Å². The van der Waals surface area contributed by atoms with Crippen LogP contribution in [0.15, 0.2) is 48.5 Å². The summed E-state index contributed by atoms with van der Waals surface area (Å²) in [6.45, 7) is 2.42. The van der Waals surface area contributed by atoms with E-state index in [9.17, 15) is 5.11 Å². The van der Waals surface area contributed by atoms with Gasteiger partial charge in [-0.05, 0) is 67.8 Å². The summed E-state index contributed by atoms with van der Waals surface area (Å²) < 4.78 is 11.5. The van der Waals surface area contributed by atoms with Crippen molar-refractivity contribution >= 4 is 0 Å². The predicted molar refractivity (Wildman–Crippen MR) is 123 cm³/mol. The smallest absolute Gasteiger partial charge is 0.161 e. The maximum Gasteiger partial charge on any atom is 0.161 e. The van der Waals surface area contributed by atoms with E-state index in [0.717, 1.165) is 24.9 Å². The van der Waals surface area contributed by atoms with Gasteiger partial charge < -0.3 is 19.9 Å². The largest absolute Gasteiger partial charge is 0.493 e. The topological polar surface area (TPSA) is 54.0 Å². The molecule has 2 aromatic carbocycles. The van der Waals surface area contributed by atoms with Gasteiger partial charge in [0.2, 0.25) is 0 Å². The molecule has 1 atom stereocenters. The maximum absolute atomic E-state index is 10.5. The van der Waals surface area contributed by atoms with E-state index < -0.39 is 6.10 Å². The first-order chi connectivity index (χ1) is 15.1. The van der Waals surface area contributed by atoms with Gasteiger partial charge in [0, 0.05) is 25.7 Å². The highest BCUT2D eigenvalue weighted by Crippen LogP contribution is 2.44. The molecule has 2 N–H and O–H groups in total. The molecule has 0 amide bonds. The van der Waals surface area contributed by atoms with E-state index in [1.807, 2.05) is 37.4 Å². The maximum atomic E-state index is 10.5. The van der Waals surface area contributed by atoms with E-state index in [1.54, 1.807) is 7.11 Å². The van der Waals surface area contributed by atoms with Crippen LogP contribution in [0.1, 0.15) is 36.8 Å². The van der Waals surface area contributed by atoms with Crippen molar-refractivity contribution in [3.63, 3.8) is 0 Å². The molecule has 0 saturated heterocycles. The monoisotopic (exact) mass is 424 g/mol. The number of aliphatic hydroxyl groups excluding tert-OH is 1. The van der Waals surface area contributed by atoms with Crippen LogP contribution in [-0.4, -0.2) is 49.5 Å². The zero-order valence-electron chi connectivity index (χ0n) is 18.8. The lowest BCUT2D eigenvalue weighted by molar-refractivity contribution is 0.0732. The number of nitrogens with zero attached hydrogens (tertiary/aromatic N) is 1. The third-order valence-electron chi connectivity index (χ3n) is 6.28. The summed E-state index contributed by atoms with van der Waals surface area (Å²) in [5, 5.41) is 14.3. The molecular weight excluding hydrogens is 388 g/mol. The first kappa shape index (κ1) is 22.1. The predicted octanol–water partition coefficient (Wildman–Crippen LogP) is 3.85. The van der Waals surface area contributed by atoms with E-state index >= 15 is 0 Å². The average Bonchev–Trinajstić information content (AvgIpc) is 3.68. The molecule has 5 nitrogen and oxygen atoms in total. The van der Waals surface area contributed by atoms with Crippen LogP contribution >= 0.6 is 0 Å². The Morgan fingerprint density at radius 3 is 2.35 bits per heavy atom. The molecular formula is C26H36N2O3. The molecule has 0 heterocycles. The third kappa shape index (κ3) is 6.70. The number of benzene rings is 2. The fourth-order valence-electron chi connectivity index (χ4n) is 4.37. The normalized spacial score (nSPS) is 17.2. The van der Waals surface area contributed by atoms with Crippen LogP contribution in [0.4, 0.5) is 0 Å². The summed E-state index contributed by atoms with van der Waals surface area (Å²) in [4.78, 5) is 2.11. The van der Waals surface area contributed by atoms with Gasteiger partial charge in [0.25, 0.3) is 0 Å². The van der Waals surface area contributed by atoms with Crippen LogP contribution in [0, 0.1) is 11.8 Å². The summed E-state index contributed by atoms with van der Waals surface area (Å²) in [5.41, 5.74) is 2.42. The van der Waals surface area contributed by atoms with Crippen LogP contribution in [0.2, 0.25) is 0 Å². The van der Waals surface area contributed by atoms with Crippen molar-refractivity contribution in [3.8, 4) is 11.5 Å². The molecule has 0 radical (unpaired) electrons. The van der Waals surface area contributed by atoms with Crippen molar-refractivity contribution in [1.29, 1.82) is 0 Å². The van der Waals surface area contributed by atoms with Crippen LogP contribution in [-0.2, 0) is 13.1 Å². The molecule has 4 rings (SSSR count). The number of ether oxygens (including phenoxy) is 2. The molecule has 2 fully saturated rings. The van der Waals surface area contributed by atoms with Gasteiger partial charge in [0.1, 0.15) is 12.7 Å². The Kier molecular flexibility index (Phi) is 7.49. The average molecular weight is 425 g/mol. The van der Waals surface area contributed by atoms with Gasteiger partial charge in [-0.15, -0.1) is 0 Å². The Morgan fingerprint density at radius 1 is 1.00 bits per heavy atom. The number of nitrogens with one attached hydrogen (secondary N) is 1. The first-order valence-corrected chi connectivity index (χ1v) is 11.6.